The molecule has 5 nitrogen and oxygen atoms in total. The van der Waals surface area contributed by atoms with Crippen LogP contribution in [0, 0.1) is 6.92 Å². The quantitative estimate of drug-likeness (QED) is 0.310. The topological polar surface area (TPSA) is 52.8 Å². The molecule has 154 valence electrons. The Bertz CT molecular complexity index is 1110. The van der Waals surface area contributed by atoms with Crippen LogP contribution < -0.4 is 4.74 Å². The van der Waals surface area contributed by atoms with Crippen LogP contribution in [0.1, 0.15) is 37.0 Å². The summed E-state index contributed by atoms with van der Waals surface area (Å²) >= 11 is 3.34. The zero-order chi connectivity index (χ0) is 20.9. The summed E-state index contributed by atoms with van der Waals surface area (Å²) in [4.78, 5) is 4.81. The lowest BCUT2D eigenvalue weighted by Gasteiger charge is -2.15. The lowest BCUT2D eigenvalue weighted by atomic mass is 10.1. The van der Waals surface area contributed by atoms with E-state index in [-0.39, 0.29) is 6.10 Å². The first kappa shape index (κ1) is 20.6. The van der Waals surface area contributed by atoms with Crippen molar-refractivity contribution in [2.75, 3.05) is 0 Å². The molecule has 0 radical (unpaired) electrons. The van der Waals surface area contributed by atoms with E-state index < -0.39 is 0 Å². The minimum Gasteiger partial charge on any atom is -0.483 e. The first-order chi connectivity index (χ1) is 14.6. The molecular weight excluding hydrogens is 412 g/mol. The van der Waals surface area contributed by atoms with Crippen molar-refractivity contribution >= 4 is 23.1 Å². The summed E-state index contributed by atoms with van der Waals surface area (Å²) in [6, 6.07) is 18.3. The molecule has 1 atom stereocenters. The highest BCUT2D eigenvalue weighted by Gasteiger charge is 2.19. The van der Waals surface area contributed by atoms with Gasteiger partial charge in [0, 0.05) is 23.2 Å². The normalized spacial score (nSPS) is 12.1. The van der Waals surface area contributed by atoms with Gasteiger partial charge in [-0.2, -0.15) is 0 Å². The highest BCUT2D eigenvalue weighted by atomic mass is 32.2. The van der Waals surface area contributed by atoms with Gasteiger partial charge in [-0.1, -0.05) is 53.7 Å². The summed E-state index contributed by atoms with van der Waals surface area (Å²) in [6.45, 7) is 7.00. The zero-order valence-electron chi connectivity index (χ0n) is 17.3. The fourth-order valence-electron chi connectivity index (χ4n) is 3.18. The zero-order valence-corrected chi connectivity index (χ0v) is 18.9. The molecule has 2 aromatic heterocycles. The third kappa shape index (κ3) is 4.74. The van der Waals surface area contributed by atoms with E-state index in [1.807, 2.05) is 37.3 Å². The van der Waals surface area contributed by atoms with E-state index in [2.05, 4.69) is 58.3 Å². The Morgan fingerprint density at radius 1 is 1.10 bits per heavy atom. The van der Waals surface area contributed by atoms with E-state index in [1.54, 1.807) is 23.1 Å². The molecular formula is C23H24N4OS2. The number of hydrogen-bond donors (Lipinski definition) is 0. The van der Waals surface area contributed by atoms with Gasteiger partial charge in [0.2, 0.25) is 0 Å². The molecule has 30 heavy (non-hydrogen) atoms. The molecule has 4 aromatic rings. The molecule has 2 heterocycles. The molecule has 0 aliphatic carbocycles. The van der Waals surface area contributed by atoms with Crippen LogP contribution in [-0.4, -0.2) is 19.7 Å². The van der Waals surface area contributed by atoms with Gasteiger partial charge in [-0.05, 0) is 39.0 Å². The van der Waals surface area contributed by atoms with Crippen LogP contribution in [0.2, 0.25) is 0 Å². The maximum Gasteiger partial charge on any atom is 0.191 e. The molecule has 0 bridgehead atoms. The highest BCUT2D eigenvalue weighted by molar-refractivity contribution is 7.98. The van der Waals surface area contributed by atoms with Crippen molar-refractivity contribution in [1.29, 1.82) is 0 Å². The Labute approximate surface area is 185 Å². The van der Waals surface area contributed by atoms with E-state index in [9.17, 15) is 0 Å². The second-order valence-electron chi connectivity index (χ2n) is 6.96. The minimum atomic E-state index is -0.179. The van der Waals surface area contributed by atoms with E-state index in [1.165, 1.54) is 11.1 Å². The van der Waals surface area contributed by atoms with Gasteiger partial charge in [0.15, 0.2) is 17.1 Å². The lowest BCUT2D eigenvalue weighted by molar-refractivity contribution is 0.210. The van der Waals surface area contributed by atoms with Crippen molar-refractivity contribution in [2.45, 2.75) is 44.3 Å². The fourth-order valence-corrected chi connectivity index (χ4v) is 5.01. The number of thiazole rings is 1. The van der Waals surface area contributed by atoms with Crippen molar-refractivity contribution in [3.05, 3.63) is 77.1 Å². The maximum atomic E-state index is 6.04. The van der Waals surface area contributed by atoms with Gasteiger partial charge < -0.3 is 9.30 Å². The smallest absolute Gasteiger partial charge is 0.191 e. The average Bonchev–Trinajstić information content (AvgIpc) is 3.40. The van der Waals surface area contributed by atoms with Gasteiger partial charge >= 0.3 is 0 Å². The van der Waals surface area contributed by atoms with Crippen molar-refractivity contribution in [2.24, 2.45) is 0 Å². The maximum absolute atomic E-state index is 6.04. The van der Waals surface area contributed by atoms with Crippen LogP contribution in [0.4, 0.5) is 0 Å². The van der Waals surface area contributed by atoms with Gasteiger partial charge in [0.05, 0.1) is 5.69 Å². The van der Waals surface area contributed by atoms with Crippen LogP contribution in [0.25, 0.3) is 10.6 Å². The Balaban J connectivity index is 1.44. The summed E-state index contributed by atoms with van der Waals surface area (Å²) in [7, 11) is 0. The molecule has 7 heteroatoms. The van der Waals surface area contributed by atoms with Gasteiger partial charge in [0.1, 0.15) is 10.8 Å². The molecule has 0 spiro atoms. The number of thioether (sulfide) groups is 1. The monoisotopic (exact) mass is 436 g/mol. The molecule has 0 amide bonds. The van der Waals surface area contributed by atoms with Gasteiger partial charge in [-0.25, -0.2) is 4.98 Å². The minimum absolute atomic E-state index is 0.179. The molecule has 0 aliphatic rings. The number of hydrogen-bond acceptors (Lipinski definition) is 6. The Kier molecular flexibility index (Phi) is 6.50. The molecule has 1 unspecified atom stereocenters. The van der Waals surface area contributed by atoms with Gasteiger partial charge in [-0.3, -0.25) is 0 Å². The van der Waals surface area contributed by atoms with Crippen molar-refractivity contribution < 1.29 is 4.74 Å². The number of para-hydroxylation sites is 1. The van der Waals surface area contributed by atoms with Crippen LogP contribution >= 0.6 is 23.1 Å². The summed E-state index contributed by atoms with van der Waals surface area (Å²) in [5.41, 5.74) is 3.47. The average molecular weight is 437 g/mol. The summed E-state index contributed by atoms with van der Waals surface area (Å²) in [5.74, 6) is 2.42. The first-order valence-corrected chi connectivity index (χ1v) is 11.8. The van der Waals surface area contributed by atoms with Crippen LogP contribution in [0.15, 0.2) is 65.1 Å². The van der Waals surface area contributed by atoms with Crippen molar-refractivity contribution in [3.8, 4) is 16.3 Å². The molecule has 0 saturated carbocycles. The molecule has 0 saturated heterocycles. The van der Waals surface area contributed by atoms with Crippen molar-refractivity contribution in [1.82, 2.24) is 19.7 Å². The summed E-state index contributed by atoms with van der Waals surface area (Å²) < 4.78 is 8.15. The number of ether oxygens (including phenoxy) is 1. The van der Waals surface area contributed by atoms with E-state index in [0.29, 0.717) is 0 Å². The van der Waals surface area contributed by atoms with Crippen LogP contribution in [0.3, 0.4) is 0 Å². The predicted octanol–water partition coefficient (Wildman–Crippen LogP) is 6.16. The second-order valence-corrected chi connectivity index (χ2v) is 8.76. The summed E-state index contributed by atoms with van der Waals surface area (Å²) in [5, 5.41) is 12.9. The third-order valence-electron chi connectivity index (χ3n) is 4.65. The van der Waals surface area contributed by atoms with E-state index in [0.717, 1.165) is 39.7 Å². The number of rotatable bonds is 8. The Morgan fingerprint density at radius 2 is 1.93 bits per heavy atom. The predicted molar refractivity (Wildman–Crippen MR) is 123 cm³/mol. The first-order valence-electron chi connectivity index (χ1n) is 9.93. The van der Waals surface area contributed by atoms with Crippen LogP contribution in [0.5, 0.6) is 5.75 Å². The second kappa shape index (κ2) is 9.45. The lowest BCUT2D eigenvalue weighted by Crippen LogP contribution is -2.11. The van der Waals surface area contributed by atoms with E-state index in [4.69, 9.17) is 9.72 Å². The highest BCUT2D eigenvalue weighted by Crippen LogP contribution is 2.29. The third-order valence-corrected chi connectivity index (χ3v) is 6.59. The Hall–Kier alpha value is -2.64. The SMILES string of the molecule is CCn1c(SCc2csc(-c3cccc(C)c3)n2)nnc1C(C)Oc1ccccc1. The van der Waals surface area contributed by atoms with Gasteiger partial charge in [0.25, 0.3) is 0 Å². The van der Waals surface area contributed by atoms with Crippen molar-refractivity contribution in [3.63, 3.8) is 0 Å². The fraction of sp³-hybridized carbons (Fsp3) is 0.261. The molecule has 0 fully saturated rings. The number of nitrogens with zero attached hydrogens (tertiary/aromatic N) is 4. The Morgan fingerprint density at radius 3 is 2.70 bits per heavy atom. The number of benzene rings is 2. The van der Waals surface area contributed by atoms with Gasteiger partial charge in [-0.15, -0.1) is 21.5 Å². The number of aromatic nitrogens is 4. The molecule has 0 aliphatic heterocycles. The number of aryl methyl sites for hydroxylation is 1. The van der Waals surface area contributed by atoms with Crippen LogP contribution in [-0.2, 0) is 12.3 Å². The van der Waals surface area contributed by atoms with E-state index >= 15 is 0 Å². The summed E-state index contributed by atoms with van der Waals surface area (Å²) in [6.07, 6.45) is -0.179. The molecule has 0 N–H and O–H groups in total. The molecule has 2 aromatic carbocycles. The standard InChI is InChI=1S/C23H24N4OS2/c1-4-27-21(17(3)28-20-11-6-5-7-12-20)25-26-23(27)30-15-19-14-29-22(24-19)18-10-8-9-16(2)13-18/h5-14,17H,4,15H2,1-3H3. The molecule has 4 rings (SSSR count). The largest absolute Gasteiger partial charge is 0.483 e.